The van der Waals surface area contributed by atoms with Gasteiger partial charge in [0.2, 0.25) is 0 Å². The highest BCUT2D eigenvalue weighted by atomic mass is 32.2. The minimum atomic E-state index is -3.33. The Morgan fingerprint density at radius 1 is 1.28 bits per heavy atom. The molecule has 0 bridgehead atoms. The summed E-state index contributed by atoms with van der Waals surface area (Å²) in [5, 5.41) is 2.63. The Morgan fingerprint density at radius 3 is 2.76 bits per heavy atom. The first kappa shape index (κ1) is 17.6. The molecule has 3 rings (SSSR count). The molecule has 1 N–H and O–H groups in total. The van der Waals surface area contributed by atoms with Crippen molar-refractivity contribution in [3.05, 3.63) is 65.0 Å². The first-order valence-corrected chi connectivity index (χ1v) is 9.86. The highest BCUT2D eigenvalue weighted by molar-refractivity contribution is 7.89. The van der Waals surface area contributed by atoms with Crippen LogP contribution in [0.4, 0.5) is 10.1 Å². The van der Waals surface area contributed by atoms with Crippen LogP contribution in [-0.4, -0.2) is 27.2 Å². The van der Waals surface area contributed by atoms with E-state index in [4.69, 9.17) is 4.74 Å². The Balaban J connectivity index is 1.77. The maximum absolute atomic E-state index is 14.1. The van der Waals surface area contributed by atoms with Gasteiger partial charge in [0.1, 0.15) is 5.82 Å². The van der Waals surface area contributed by atoms with Gasteiger partial charge in [-0.2, -0.15) is 0 Å². The van der Waals surface area contributed by atoms with Gasteiger partial charge < -0.3 is 10.1 Å². The molecular weight excluding hydrogens is 345 g/mol. The third-order valence-electron chi connectivity index (χ3n) is 3.97. The van der Waals surface area contributed by atoms with E-state index in [0.29, 0.717) is 6.61 Å². The second kappa shape index (κ2) is 6.93. The Morgan fingerprint density at radius 2 is 2.04 bits per heavy atom. The molecule has 1 aliphatic heterocycles. The Hall–Kier alpha value is -2.25. The predicted molar refractivity (Wildman–Crippen MR) is 92.4 cm³/mol. The average molecular weight is 363 g/mol. The summed E-state index contributed by atoms with van der Waals surface area (Å²) in [7, 11) is -3.33. The molecule has 2 aromatic carbocycles. The van der Waals surface area contributed by atoms with Crippen LogP contribution in [0.15, 0.2) is 42.5 Å². The molecule has 132 valence electrons. The fourth-order valence-electron chi connectivity index (χ4n) is 2.84. The molecule has 1 aliphatic rings. The van der Waals surface area contributed by atoms with E-state index in [9.17, 15) is 17.6 Å². The standard InChI is InChI=1S/C18H18FNO4S/c1-25(22,23)11-13-6-7-14(10-16(13)19)20-18(21)17-15-5-3-2-4-12(15)8-9-24-17/h2-7,10,17H,8-9,11H2,1H3,(H,20,21). The number of sulfone groups is 1. The van der Waals surface area contributed by atoms with Crippen LogP contribution in [0.5, 0.6) is 0 Å². The second-order valence-corrected chi connectivity index (χ2v) is 8.21. The molecule has 5 nitrogen and oxygen atoms in total. The molecule has 0 fully saturated rings. The maximum Gasteiger partial charge on any atom is 0.258 e. The quantitative estimate of drug-likeness (QED) is 0.906. The Bertz CT molecular complexity index is 911. The predicted octanol–water partition coefficient (Wildman–Crippen LogP) is 2.62. The van der Waals surface area contributed by atoms with Gasteiger partial charge >= 0.3 is 0 Å². The van der Waals surface area contributed by atoms with E-state index in [-0.39, 0.29) is 22.9 Å². The van der Waals surface area contributed by atoms with Crippen molar-refractivity contribution in [3.63, 3.8) is 0 Å². The SMILES string of the molecule is CS(=O)(=O)Cc1ccc(NC(=O)C2OCCc3ccccc32)cc1F. The number of fused-ring (bicyclic) bond motifs is 1. The number of halogens is 1. The van der Waals surface area contributed by atoms with E-state index >= 15 is 0 Å². The van der Waals surface area contributed by atoms with Crippen LogP contribution in [0, 0.1) is 5.82 Å². The van der Waals surface area contributed by atoms with E-state index in [2.05, 4.69) is 5.32 Å². The molecule has 25 heavy (non-hydrogen) atoms. The van der Waals surface area contributed by atoms with Crippen LogP contribution in [0.25, 0.3) is 0 Å². The van der Waals surface area contributed by atoms with Gasteiger partial charge in [0, 0.05) is 17.5 Å². The first-order chi connectivity index (χ1) is 11.8. The monoisotopic (exact) mass is 363 g/mol. The van der Waals surface area contributed by atoms with E-state index in [1.54, 1.807) is 0 Å². The number of anilines is 1. The van der Waals surface area contributed by atoms with Crippen molar-refractivity contribution in [2.24, 2.45) is 0 Å². The summed E-state index contributed by atoms with van der Waals surface area (Å²) in [5.41, 5.74) is 2.19. The van der Waals surface area contributed by atoms with Gasteiger partial charge in [0.15, 0.2) is 15.9 Å². The number of nitrogens with one attached hydrogen (secondary N) is 1. The van der Waals surface area contributed by atoms with Crippen molar-refractivity contribution in [1.82, 2.24) is 0 Å². The lowest BCUT2D eigenvalue weighted by Gasteiger charge is -2.25. The summed E-state index contributed by atoms with van der Waals surface area (Å²) in [5.74, 6) is -1.44. The minimum absolute atomic E-state index is 0.0692. The molecule has 0 saturated carbocycles. The molecule has 0 saturated heterocycles. The van der Waals surface area contributed by atoms with Crippen molar-refractivity contribution in [3.8, 4) is 0 Å². The van der Waals surface area contributed by atoms with E-state index in [1.165, 1.54) is 12.1 Å². The van der Waals surface area contributed by atoms with Crippen molar-refractivity contribution < 1.29 is 22.3 Å². The Kier molecular flexibility index (Phi) is 4.87. The second-order valence-electron chi connectivity index (χ2n) is 6.07. The van der Waals surface area contributed by atoms with Gasteiger partial charge in [0.05, 0.1) is 12.4 Å². The van der Waals surface area contributed by atoms with E-state index in [0.717, 1.165) is 29.9 Å². The molecule has 0 aromatic heterocycles. The van der Waals surface area contributed by atoms with Crippen LogP contribution in [0.2, 0.25) is 0 Å². The van der Waals surface area contributed by atoms with Crippen molar-refractivity contribution in [1.29, 1.82) is 0 Å². The number of benzene rings is 2. The smallest absolute Gasteiger partial charge is 0.258 e. The van der Waals surface area contributed by atoms with Gasteiger partial charge in [-0.05, 0) is 29.7 Å². The van der Waals surface area contributed by atoms with Gasteiger partial charge in [-0.25, -0.2) is 12.8 Å². The Labute approximate surface area is 145 Å². The van der Waals surface area contributed by atoms with Crippen molar-refractivity contribution in [2.45, 2.75) is 18.3 Å². The van der Waals surface area contributed by atoms with Crippen molar-refractivity contribution >= 4 is 21.4 Å². The van der Waals surface area contributed by atoms with E-state index in [1.807, 2.05) is 24.3 Å². The summed E-state index contributed by atoms with van der Waals surface area (Å²) in [6.07, 6.45) is 1.04. The number of amides is 1. The highest BCUT2D eigenvalue weighted by Crippen LogP contribution is 2.28. The molecule has 0 aliphatic carbocycles. The van der Waals surface area contributed by atoms with Crippen LogP contribution >= 0.6 is 0 Å². The van der Waals surface area contributed by atoms with Gasteiger partial charge in [-0.15, -0.1) is 0 Å². The zero-order valence-corrected chi connectivity index (χ0v) is 14.5. The van der Waals surface area contributed by atoms with Gasteiger partial charge in [-0.3, -0.25) is 4.79 Å². The number of carbonyl (C=O) groups is 1. The van der Waals surface area contributed by atoms with Crippen LogP contribution in [0.3, 0.4) is 0 Å². The summed E-state index contributed by atoms with van der Waals surface area (Å²) < 4.78 is 42.2. The fourth-order valence-corrected chi connectivity index (χ4v) is 3.64. The summed E-state index contributed by atoms with van der Waals surface area (Å²) in [6.45, 7) is 0.441. The molecule has 1 unspecified atom stereocenters. The zero-order chi connectivity index (χ0) is 18.0. The first-order valence-electron chi connectivity index (χ1n) is 7.80. The number of carbonyl (C=O) groups excluding carboxylic acids is 1. The summed E-state index contributed by atoms with van der Waals surface area (Å²) >= 11 is 0. The van der Waals surface area contributed by atoms with Gasteiger partial charge in [0.25, 0.3) is 5.91 Å². The third-order valence-corrected chi connectivity index (χ3v) is 4.81. The lowest BCUT2D eigenvalue weighted by molar-refractivity contribution is -0.128. The molecule has 1 amide bonds. The number of hydrogen-bond acceptors (Lipinski definition) is 4. The fraction of sp³-hybridized carbons (Fsp3) is 0.278. The average Bonchev–Trinajstić information content (AvgIpc) is 2.55. The summed E-state index contributed by atoms with van der Waals surface area (Å²) in [4.78, 5) is 12.5. The maximum atomic E-state index is 14.1. The van der Waals surface area contributed by atoms with Crippen LogP contribution in [0.1, 0.15) is 22.8 Å². The molecule has 0 radical (unpaired) electrons. The van der Waals surface area contributed by atoms with E-state index < -0.39 is 21.8 Å². The lowest BCUT2D eigenvalue weighted by atomic mass is 9.97. The van der Waals surface area contributed by atoms with Crippen molar-refractivity contribution in [2.75, 3.05) is 18.2 Å². The largest absolute Gasteiger partial charge is 0.363 e. The molecule has 2 aromatic rings. The molecule has 0 spiro atoms. The van der Waals surface area contributed by atoms with Crippen LogP contribution in [-0.2, 0) is 31.5 Å². The zero-order valence-electron chi connectivity index (χ0n) is 13.7. The number of hydrogen-bond donors (Lipinski definition) is 1. The van der Waals surface area contributed by atoms with Gasteiger partial charge in [-0.1, -0.05) is 30.3 Å². The summed E-state index contributed by atoms with van der Waals surface area (Å²) in [6, 6.07) is 11.5. The molecular formula is C18H18FNO4S. The van der Waals surface area contributed by atoms with Crippen LogP contribution < -0.4 is 5.32 Å². The third kappa shape index (κ3) is 4.24. The number of ether oxygens (including phenoxy) is 1. The molecule has 7 heteroatoms. The molecule has 1 heterocycles. The topological polar surface area (TPSA) is 72.5 Å². The normalized spacial score (nSPS) is 17.0. The highest BCUT2D eigenvalue weighted by Gasteiger charge is 2.27. The lowest BCUT2D eigenvalue weighted by Crippen LogP contribution is -2.28. The number of rotatable bonds is 4. The molecule has 1 atom stereocenters. The minimum Gasteiger partial charge on any atom is -0.363 e.